The molecular weight excluding hydrogens is 238 g/mol. The average molecular weight is 249 g/mol. The number of azide groups is 1. The molecule has 0 saturated carbocycles. The molecule has 0 saturated heterocycles. The smallest absolute Gasteiger partial charge is 0.185 e. The van der Waals surface area contributed by atoms with E-state index in [1.807, 2.05) is 18.2 Å². The summed E-state index contributed by atoms with van der Waals surface area (Å²) in [6.45, 7) is 0. The maximum Gasteiger partial charge on any atom is 0.185 e. The number of allylic oxidation sites excluding steroid dienone is 1. The molecule has 0 aliphatic heterocycles. The molecule has 0 radical (unpaired) electrons. The summed E-state index contributed by atoms with van der Waals surface area (Å²) in [5.41, 5.74) is 10.4. The maximum absolute atomic E-state index is 11.8. The first-order chi connectivity index (χ1) is 9.29. The van der Waals surface area contributed by atoms with Gasteiger partial charge in [-0.1, -0.05) is 65.8 Å². The van der Waals surface area contributed by atoms with Crippen molar-refractivity contribution in [2.24, 2.45) is 5.11 Å². The van der Waals surface area contributed by atoms with E-state index in [2.05, 4.69) is 10.0 Å². The normalized spacial score (nSPS) is 10.1. The number of benzene rings is 2. The lowest BCUT2D eigenvalue weighted by Gasteiger charge is -1.96. The van der Waals surface area contributed by atoms with Crippen LogP contribution in [-0.2, 0) is 0 Å². The van der Waals surface area contributed by atoms with Crippen molar-refractivity contribution in [3.05, 3.63) is 82.2 Å². The minimum atomic E-state index is -0.0419. The first-order valence-electron chi connectivity index (χ1n) is 5.72. The molecule has 0 bridgehead atoms. The van der Waals surface area contributed by atoms with Gasteiger partial charge in [0, 0.05) is 16.2 Å². The van der Waals surface area contributed by atoms with Gasteiger partial charge in [-0.2, -0.15) is 0 Å². The third kappa shape index (κ3) is 3.56. The predicted molar refractivity (Wildman–Crippen MR) is 75.1 cm³/mol. The van der Waals surface area contributed by atoms with Gasteiger partial charge in [-0.3, -0.25) is 4.79 Å². The highest BCUT2D eigenvalue weighted by atomic mass is 16.1. The minimum Gasteiger partial charge on any atom is -0.289 e. The summed E-state index contributed by atoms with van der Waals surface area (Å²) in [5.74, 6) is -0.0419. The average Bonchev–Trinajstić information content (AvgIpc) is 2.47. The number of ketones is 1. The van der Waals surface area contributed by atoms with Crippen LogP contribution in [0, 0.1) is 0 Å². The van der Waals surface area contributed by atoms with Crippen LogP contribution in [-0.4, -0.2) is 5.78 Å². The monoisotopic (exact) mass is 249 g/mol. The summed E-state index contributed by atoms with van der Waals surface area (Å²) < 4.78 is 0. The van der Waals surface area contributed by atoms with Gasteiger partial charge in [0.15, 0.2) is 5.78 Å². The maximum atomic E-state index is 11.8. The molecule has 0 aliphatic carbocycles. The van der Waals surface area contributed by atoms with Gasteiger partial charge in [0.25, 0.3) is 0 Å². The number of hydrogen-bond acceptors (Lipinski definition) is 2. The van der Waals surface area contributed by atoms with Gasteiger partial charge < -0.3 is 0 Å². The highest BCUT2D eigenvalue weighted by Gasteiger charge is 1.99. The van der Waals surface area contributed by atoms with Crippen molar-refractivity contribution >= 4 is 17.5 Å². The minimum absolute atomic E-state index is 0.0419. The standard InChI is InChI=1S/C15H11N3O/c16-18-17-14-9-6-12(7-10-14)8-11-15(19)13-4-2-1-3-5-13/h1-11H. The zero-order chi connectivity index (χ0) is 13.5. The summed E-state index contributed by atoms with van der Waals surface area (Å²) in [6, 6.07) is 16.1. The van der Waals surface area contributed by atoms with E-state index in [9.17, 15) is 4.79 Å². The lowest BCUT2D eigenvalue weighted by Crippen LogP contribution is -1.92. The fourth-order valence-corrected chi connectivity index (χ4v) is 1.57. The number of nitrogens with zero attached hydrogens (tertiary/aromatic N) is 3. The molecule has 4 heteroatoms. The largest absolute Gasteiger partial charge is 0.289 e. The van der Waals surface area contributed by atoms with Gasteiger partial charge in [-0.25, -0.2) is 0 Å². The Morgan fingerprint density at radius 3 is 2.37 bits per heavy atom. The fraction of sp³-hybridized carbons (Fsp3) is 0. The van der Waals surface area contributed by atoms with Gasteiger partial charge in [0.05, 0.1) is 0 Å². The van der Waals surface area contributed by atoms with Crippen molar-refractivity contribution in [2.45, 2.75) is 0 Å². The van der Waals surface area contributed by atoms with Crippen molar-refractivity contribution in [1.82, 2.24) is 0 Å². The lowest BCUT2D eigenvalue weighted by atomic mass is 10.1. The SMILES string of the molecule is [N-]=[N+]=Nc1ccc(C=CC(=O)c2ccccc2)cc1. The fourth-order valence-electron chi connectivity index (χ4n) is 1.57. The van der Waals surface area contributed by atoms with Crippen LogP contribution < -0.4 is 0 Å². The Morgan fingerprint density at radius 2 is 1.74 bits per heavy atom. The molecule has 0 amide bonds. The van der Waals surface area contributed by atoms with Crippen molar-refractivity contribution in [3.8, 4) is 0 Å². The Kier molecular flexibility index (Phi) is 4.11. The summed E-state index contributed by atoms with van der Waals surface area (Å²) in [4.78, 5) is 14.5. The van der Waals surface area contributed by atoms with Crippen LogP contribution in [0.5, 0.6) is 0 Å². The Balaban J connectivity index is 2.10. The zero-order valence-corrected chi connectivity index (χ0v) is 10.1. The van der Waals surface area contributed by atoms with Crippen LogP contribution in [0.15, 0.2) is 65.8 Å². The molecule has 19 heavy (non-hydrogen) atoms. The molecular formula is C15H11N3O. The second-order valence-electron chi connectivity index (χ2n) is 3.84. The van der Waals surface area contributed by atoms with Crippen LogP contribution in [0.4, 0.5) is 5.69 Å². The second kappa shape index (κ2) is 6.19. The van der Waals surface area contributed by atoms with Crippen LogP contribution in [0.2, 0.25) is 0 Å². The highest BCUT2D eigenvalue weighted by molar-refractivity contribution is 6.06. The van der Waals surface area contributed by atoms with E-state index in [4.69, 9.17) is 5.53 Å². The summed E-state index contributed by atoms with van der Waals surface area (Å²) >= 11 is 0. The topological polar surface area (TPSA) is 65.8 Å². The van der Waals surface area contributed by atoms with Gasteiger partial charge in [0.2, 0.25) is 0 Å². The number of carbonyl (C=O) groups is 1. The van der Waals surface area contributed by atoms with Crippen molar-refractivity contribution < 1.29 is 4.79 Å². The molecule has 0 aliphatic rings. The van der Waals surface area contributed by atoms with E-state index >= 15 is 0 Å². The van der Waals surface area contributed by atoms with Gasteiger partial charge in [0.1, 0.15) is 0 Å². The van der Waals surface area contributed by atoms with Gasteiger partial charge in [-0.05, 0) is 17.2 Å². The molecule has 0 heterocycles. The summed E-state index contributed by atoms with van der Waals surface area (Å²) in [5, 5.41) is 3.48. The number of carbonyl (C=O) groups excluding carboxylic acids is 1. The third-order valence-electron chi connectivity index (χ3n) is 2.54. The molecule has 92 valence electrons. The van der Waals surface area contributed by atoms with Gasteiger partial charge >= 0.3 is 0 Å². The van der Waals surface area contributed by atoms with Gasteiger partial charge in [-0.15, -0.1) is 0 Å². The Morgan fingerprint density at radius 1 is 1.05 bits per heavy atom. The number of hydrogen-bond donors (Lipinski definition) is 0. The lowest BCUT2D eigenvalue weighted by molar-refractivity contribution is 0.104. The molecule has 0 spiro atoms. The van der Waals surface area contributed by atoms with E-state index < -0.39 is 0 Å². The van der Waals surface area contributed by atoms with E-state index in [1.165, 1.54) is 6.08 Å². The third-order valence-corrected chi connectivity index (χ3v) is 2.54. The van der Waals surface area contributed by atoms with E-state index in [0.29, 0.717) is 11.3 Å². The first-order valence-corrected chi connectivity index (χ1v) is 5.72. The second-order valence-corrected chi connectivity index (χ2v) is 3.84. The summed E-state index contributed by atoms with van der Waals surface area (Å²) in [7, 11) is 0. The summed E-state index contributed by atoms with van der Waals surface area (Å²) in [6.07, 6.45) is 3.26. The van der Waals surface area contributed by atoms with Crippen LogP contribution in [0.3, 0.4) is 0 Å². The van der Waals surface area contributed by atoms with E-state index in [1.54, 1.807) is 42.5 Å². The van der Waals surface area contributed by atoms with E-state index in [-0.39, 0.29) is 5.78 Å². The van der Waals surface area contributed by atoms with Crippen molar-refractivity contribution in [3.63, 3.8) is 0 Å². The molecule has 2 aromatic rings. The predicted octanol–water partition coefficient (Wildman–Crippen LogP) is 4.52. The Labute approximate surface area is 110 Å². The van der Waals surface area contributed by atoms with Crippen LogP contribution in [0.1, 0.15) is 15.9 Å². The molecule has 0 N–H and O–H groups in total. The molecule has 0 aromatic heterocycles. The van der Waals surface area contributed by atoms with E-state index in [0.717, 1.165) is 5.56 Å². The first kappa shape index (κ1) is 12.6. The Bertz CT molecular complexity index is 639. The van der Waals surface area contributed by atoms with Crippen molar-refractivity contribution in [2.75, 3.05) is 0 Å². The zero-order valence-electron chi connectivity index (χ0n) is 10.1. The van der Waals surface area contributed by atoms with Crippen molar-refractivity contribution in [1.29, 1.82) is 0 Å². The molecule has 0 fully saturated rings. The molecule has 2 aromatic carbocycles. The Hall–Kier alpha value is -2.84. The highest BCUT2D eigenvalue weighted by Crippen LogP contribution is 2.14. The molecule has 2 rings (SSSR count). The van der Waals surface area contributed by atoms with Crippen LogP contribution in [0.25, 0.3) is 16.5 Å². The molecule has 4 nitrogen and oxygen atoms in total. The molecule has 0 atom stereocenters. The number of rotatable bonds is 4. The molecule has 0 unspecified atom stereocenters. The van der Waals surface area contributed by atoms with Crippen LogP contribution >= 0.6 is 0 Å². The quantitative estimate of drug-likeness (QED) is 0.258.